The maximum absolute atomic E-state index is 2.43. The standard InChI is InChI=1S/C23H26N2S/c1-5-16-21(26-22-13-9-8-12-19(22)24(2)3)15-14-20-23(16)17-10-6-7-11-18(17)25(20)4/h6-15,20,23H,5H2,1-4H3. The van der Waals surface area contributed by atoms with Gasteiger partial charge in [-0.3, -0.25) is 0 Å². The topological polar surface area (TPSA) is 6.48 Å². The van der Waals surface area contributed by atoms with Gasteiger partial charge in [-0.1, -0.05) is 61.2 Å². The first-order chi connectivity index (χ1) is 12.6. The summed E-state index contributed by atoms with van der Waals surface area (Å²) in [5.74, 6) is 0.472. The Hall–Kier alpha value is -2.13. The van der Waals surface area contributed by atoms with E-state index in [1.165, 1.54) is 26.7 Å². The van der Waals surface area contributed by atoms with Crippen molar-refractivity contribution in [2.45, 2.75) is 30.2 Å². The molecule has 0 spiro atoms. The maximum atomic E-state index is 2.43. The van der Waals surface area contributed by atoms with E-state index < -0.39 is 0 Å². The third-order valence-corrected chi connectivity index (χ3v) is 6.71. The van der Waals surface area contributed by atoms with Crippen LogP contribution in [0.5, 0.6) is 0 Å². The maximum Gasteiger partial charge on any atom is 0.0580 e. The van der Waals surface area contributed by atoms with Crippen LogP contribution in [0.3, 0.4) is 0 Å². The van der Waals surface area contributed by atoms with Crippen LogP contribution < -0.4 is 9.80 Å². The number of likely N-dealkylation sites (N-methyl/N-ethyl adjacent to an activating group) is 1. The van der Waals surface area contributed by atoms with E-state index in [0.29, 0.717) is 12.0 Å². The highest BCUT2D eigenvalue weighted by Crippen LogP contribution is 2.51. The number of hydrogen-bond acceptors (Lipinski definition) is 3. The molecule has 1 aliphatic heterocycles. The molecule has 1 aliphatic carbocycles. The van der Waals surface area contributed by atoms with Crippen molar-refractivity contribution in [1.82, 2.24) is 0 Å². The first-order valence-corrected chi connectivity index (χ1v) is 10.1. The van der Waals surface area contributed by atoms with Gasteiger partial charge in [-0.25, -0.2) is 0 Å². The average molecular weight is 363 g/mol. The van der Waals surface area contributed by atoms with Gasteiger partial charge in [0.05, 0.1) is 11.7 Å². The predicted molar refractivity (Wildman–Crippen MR) is 114 cm³/mol. The van der Waals surface area contributed by atoms with Crippen LogP contribution in [0.2, 0.25) is 0 Å². The Labute approximate surface area is 161 Å². The van der Waals surface area contributed by atoms with Crippen LogP contribution in [0.4, 0.5) is 11.4 Å². The van der Waals surface area contributed by atoms with Crippen LogP contribution in [-0.2, 0) is 0 Å². The second-order valence-electron chi connectivity index (χ2n) is 7.20. The van der Waals surface area contributed by atoms with Crippen LogP contribution in [0, 0.1) is 0 Å². The largest absolute Gasteiger partial charge is 0.377 e. The fourth-order valence-electron chi connectivity index (χ4n) is 4.25. The van der Waals surface area contributed by atoms with E-state index in [9.17, 15) is 0 Å². The Kier molecular flexibility index (Phi) is 4.58. The van der Waals surface area contributed by atoms with Gasteiger partial charge >= 0.3 is 0 Å². The summed E-state index contributed by atoms with van der Waals surface area (Å²) in [4.78, 5) is 7.36. The minimum atomic E-state index is 0.441. The lowest BCUT2D eigenvalue weighted by molar-refractivity contribution is 0.671. The normalized spacial score (nSPS) is 21.0. The summed E-state index contributed by atoms with van der Waals surface area (Å²) in [7, 11) is 6.45. The molecule has 2 aromatic carbocycles. The van der Waals surface area contributed by atoms with Crippen molar-refractivity contribution in [2.75, 3.05) is 30.9 Å². The van der Waals surface area contributed by atoms with Crippen molar-refractivity contribution in [3.63, 3.8) is 0 Å². The third-order valence-electron chi connectivity index (χ3n) is 5.53. The number of benzene rings is 2. The van der Waals surface area contributed by atoms with Crippen molar-refractivity contribution in [3.8, 4) is 0 Å². The van der Waals surface area contributed by atoms with E-state index in [2.05, 4.69) is 98.5 Å². The van der Waals surface area contributed by atoms with E-state index in [1.807, 2.05) is 11.8 Å². The van der Waals surface area contributed by atoms with Gasteiger partial charge in [0, 0.05) is 42.5 Å². The predicted octanol–water partition coefficient (Wildman–Crippen LogP) is 5.68. The number of para-hydroxylation sites is 2. The Morgan fingerprint density at radius 1 is 1.04 bits per heavy atom. The molecule has 134 valence electrons. The second kappa shape index (κ2) is 6.88. The average Bonchev–Trinajstić information content (AvgIpc) is 2.95. The van der Waals surface area contributed by atoms with Crippen molar-refractivity contribution >= 4 is 23.1 Å². The second-order valence-corrected chi connectivity index (χ2v) is 8.29. The minimum Gasteiger partial charge on any atom is -0.377 e. The lowest BCUT2D eigenvalue weighted by Crippen LogP contribution is -2.31. The Morgan fingerprint density at radius 2 is 1.77 bits per heavy atom. The lowest BCUT2D eigenvalue weighted by Gasteiger charge is -2.30. The van der Waals surface area contributed by atoms with E-state index in [0.717, 1.165) is 6.42 Å². The zero-order valence-corrected chi connectivity index (χ0v) is 16.8. The van der Waals surface area contributed by atoms with Crippen molar-refractivity contribution in [2.24, 2.45) is 0 Å². The molecule has 0 fully saturated rings. The third kappa shape index (κ3) is 2.75. The number of rotatable bonds is 4. The van der Waals surface area contributed by atoms with Gasteiger partial charge in [-0.05, 0) is 35.8 Å². The minimum absolute atomic E-state index is 0.441. The van der Waals surface area contributed by atoms with Gasteiger partial charge in [-0.2, -0.15) is 0 Å². The zero-order valence-electron chi connectivity index (χ0n) is 15.9. The number of allylic oxidation sites excluding steroid dienone is 1. The van der Waals surface area contributed by atoms with E-state index in [-0.39, 0.29) is 0 Å². The van der Waals surface area contributed by atoms with Crippen molar-refractivity contribution < 1.29 is 0 Å². The highest BCUT2D eigenvalue weighted by molar-refractivity contribution is 8.03. The molecule has 0 bridgehead atoms. The number of anilines is 2. The Morgan fingerprint density at radius 3 is 2.54 bits per heavy atom. The molecule has 0 N–H and O–H groups in total. The van der Waals surface area contributed by atoms with E-state index in [4.69, 9.17) is 0 Å². The summed E-state index contributed by atoms with van der Waals surface area (Å²) in [6, 6.07) is 18.0. The fraction of sp³-hybridized carbons (Fsp3) is 0.304. The van der Waals surface area contributed by atoms with E-state index in [1.54, 1.807) is 5.57 Å². The van der Waals surface area contributed by atoms with Gasteiger partial charge in [0.2, 0.25) is 0 Å². The van der Waals surface area contributed by atoms with Crippen LogP contribution in [0.15, 0.2) is 76.1 Å². The summed E-state index contributed by atoms with van der Waals surface area (Å²) >= 11 is 1.91. The Bertz CT molecular complexity index is 881. The fourth-order valence-corrected chi connectivity index (χ4v) is 5.53. The van der Waals surface area contributed by atoms with Gasteiger partial charge in [0.1, 0.15) is 0 Å². The van der Waals surface area contributed by atoms with Crippen molar-refractivity contribution in [1.29, 1.82) is 0 Å². The summed E-state index contributed by atoms with van der Waals surface area (Å²) in [6.07, 6.45) is 5.82. The molecule has 0 saturated heterocycles. The molecule has 0 amide bonds. The van der Waals surface area contributed by atoms with Gasteiger partial charge in [0.25, 0.3) is 0 Å². The summed E-state index contributed by atoms with van der Waals surface area (Å²) < 4.78 is 0. The smallest absolute Gasteiger partial charge is 0.0580 e. The van der Waals surface area contributed by atoms with Crippen molar-refractivity contribution in [3.05, 3.63) is 76.7 Å². The van der Waals surface area contributed by atoms with Gasteiger partial charge in [-0.15, -0.1) is 0 Å². The highest BCUT2D eigenvalue weighted by Gasteiger charge is 2.39. The van der Waals surface area contributed by atoms with Crippen LogP contribution in [0.25, 0.3) is 0 Å². The molecule has 0 saturated carbocycles. The summed E-state index contributed by atoms with van der Waals surface area (Å²) in [5, 5.41) is 0. The molecule has 2 atom stereocenters. The molecule has 4 rings (SSSR count). The van der Waals surface area contributed by atoms with Crippen LogP contribution in [-0.4, -0.2) is 27.2 Å². The van der Waals surface area contributed by atoms with Gasteiger partial charge < -0.3 is 9.80 Å². The number of nitrogens with zero attached hydrogens (tertiary/aromatic N) is 2. The SMILES string of the molecule is CCC1=C(Sc2ccccc2N(C)C)C=CC2C1c1ccccc1N2C. The molecule has 2 aliphatic rings. The molecule has 26 heavy (non-hydrogen) atoms. The molecule has 2 nitrogen and oxygen atoms in total. The Balaban J connectivity index is 1.76. The quantitative estimate of drug-likeness (QED) is 0.691. The molecule has 2 aromatic rings. The molecule has 2 unspecified atom stereocenters. The molecule has 0 aromatic heterocycles. The van der Waals surface area contributed by atoms with E-state index >= 15 is 0 Å². The zero-order chi connectivity index (χ0) is 18.3. The number of fused-ring (bicyclic) bond motifs is 3. The molecule has 3 heteroatoms. The number of hydrogen-bond donors (Lipinski definition) is 0. The first-order valence-electron chi connectivity index (χ1n) is 9.29. The molecule has 1 heterocycles. The molecule has 0 radical (unpaired) electrons. The van der Waals surface area contributed by atoms with Crippen LogP contribution in [0.1, 0.15) is 24.8 Å². The number of thioether (sulfide) groups is 1. The molecular weight excluding hydrogens is 336 g/mol. The summed E-state index contributed by atoms with van der Waals surface area (Å²) in [6.45, 7) is 2.30. The van der Waals surface area contributed by atoms with Gasteiger partial charge in [0.15, 0.2) is 0 Å². The summed E-state index contributed by atoms with van der Waals surface area (Å²) in [5.41, 5.74) is 5.69. The lowest BCUT2D eigenvalue weighted by atomic mass is 9.83. The first kappa shape index (κ1) is 17.3. The highest BCUT2D eigenvalue weighted by atomic mass is 32.2. The molecular formula is C23H26N2S. The monoisotopic (exact) mass is 362 g/mol. The van der Waals surface area contributed by atoms with Crippen LogP contribution >= 0.6 is 11.8 Å².